The average molecular weight is 487 g/mol. The molecule has 8 nitrogen and oxygen atoms in total. The number of carbonyl (C=O) groups is 1. The minimum absolute atomic E-state index is 0. The van der Waals surface area contributed by atoms with Gasteiger partial charge in [0.2, 0.25) is 11.7 Å². The van der Waals surface area contributed by atoms with E-state index in [4.69, 9.17) is 10.5 Å². The quantitative estimate of drug-likeness (QED) is 0.342. The highest BCUT2D eigenvalue weighted by atomic mass is 35.5. The van der Waals surface area contributed by atoms with Crippen molar-refractivity contribution >= 4 is 29.2 Å². The molecule has 1 amide bonds. The van der Waals surface area contributed by atoms with Crippen molar-refractivity contribution < 1.29 is 9.53 Å². The van der Waals surface area contributed by atoms with Crippen LogP contribution in [0.1, 0.15) is 28.5 Å². The second-order valence-electron chi connectivity index (χ2n) is 7.83. The standard InChI is InChI=1S/C26H22N6O2.ClH/c1-2-19-14-24(22-13-18(25(27)33)9-11-23(22)28-19)34-15-16-8-10-20(17-6-4-3-5-7-17)21(12-16)26-29-31-32-30-26;/h3-14H,2,15H2,1H3,(H2,27,33)(H,29,30,31,32);1H. The number of hydrogen-bond donors (Lipinski definition) is 2. The number of hydrogen-bond acceptors (Lipinski definition) is 6. The summed E-state index contributed by atoms with van der Waals surface area (Å²) >= 11 is 0. The van der Waals surface area contributed by atoms with Gasteiger partial charge in [0.1, 0.15) is 12.4 Å². The second kappa shape index (κ2) is 10.3. The molecular weight excluding hydrogens is 464 g/mol. The molecule has 0 bridgehead atoms. The number of tetrazole rings is 1. The number of amides is 1. The third kappa shape index (κ3) is 4.97. The number of halogens is 1. The van der Waals surface area contributed by atoms with Crippen LogP contribution in [0.15, 0.2) is 72.8 Å². The lowest BCUT2D eigenvalue weighted by molar-refractivity contribution is 0.100. The third-order valence-electron chi connectivity index (χ3n) is 5.62. The van der Waals surface area contributed by atoms with Crippen LogP contribution in [0.25, 0.3) is 33.4 Å². The van der Waals surface area contributed by atoms with Crippen molar-refractivity contribution in [1.82, 2.24) is 25.6 Å². The van der Waals surface area contributed by atoms with Crippen molar-refractivity contribution in [3.63, 3.8) is 0 Å². The van der Waals surface area contributed by atoms with E-state index in [-0.39, 0.29) is 12.4 Å². The van der Waals surface area contributed by atoms with Crippen LogP contribution < -0.4 is 10.5 Å². The third-order valence-corrected chi connectivity index (χ3v) is 5.62. The van der Waals surface area contributed by atoms with Gasteiger partial charge in [-0.25, -0.2) is 0 Å². The molecule has 0 spiro atoms. The first kappa shape index (κ1) is 23.8. The Hall–Kier alpha value is -4.30. The first-order valence-corrected chi connectivity index (χ1v) is 10.9. The van der Waals surface area contributed by atoms with Gasteiger partial charge >= 0.3 is 0 Å². The number of nitrogens with two attached hydrogens (primary N) is 1. The molecule has 5 rings (SSSR count). The van der Waals surface area contributed by atoms with Crippen molar-refractivity contribution in [2.45, 2.75) is 20.0 Å². The maximum atomic E-state index is 11.7. The van der Waals surface area contributed by atoms with E-state index >= 15 is 0 Å². The molecule has 0 aliphatic rings. The van der Waals surface area contributed by atoms with Crippen molar-refractivity contribution in [2.75, 3.05) is 0 Å². The van der Waals surface area contributed by atoms with Crippen LogP contribution in [0, 0.1) is 0 Å². The Bertz CT molecular complexity index is 1470. The van der Waals surface area contributed by atoms with Gasteiger partial charge in [0, 0.05) is 28.3 Å². The molecule has 2 aromatic heterocycles. The lowest BCUT2D eigenvalue weighted by atomic mass is 9.97. The second-order valence-corrected chi connectivity index (χ2v) is 7.83. The van der Waals surface area contributed by atoms with E-state index in [9.17, 15) is 4.79 Å². The summed E-state index contributed by atoms with van der Waals surface area (Å²) in [6.45, 7) is 2.35. The molecule has 2 heterocycles. The summed E-state index contributed by atoms with van der Waals surface area (Å²) in [5.74, 6) is 0.668. The number of fused-ring (bicyclic) bond motifs is 1. The lowest BCUT2D eigenvalue weighted by Gasteiger charge is -2.13. The topological polar surface area (TPSA) is 120 Å². The average Bonchev–Trinajstić information content (AvgIpc) is 3.42. The van der Waals surface area contributed by atoms with E-state index in [1.165, 1.54) is 0 Å². The Morgan fingerprint density at radius 1 is 1.00 bits per heavy atom. The van der Waals surface area contributed by atoms with E-state index in [1.54, 1.807) is 18.2 Å². The van der Waals surface area contributed by atoms with Crippen molar-refractivity contribution in [1.29, 1.82) is 0 Å². The zero-order valence-electron chi connectivity index (χ0n) is 18.9. The van der Waals surface area contributed by atoms with Gasteiger partial charge < -0.3 is 10.5 Å². The molecule has 35 heavy (non-hydrogen) atoms. The fourth-order valence-electron chi connectivity index (χ4n) is 3.87. The molecule has 5 aromatic rings. The molecule has 0 unspecified atom stereocenters. The number of rotatable bonds is 7. The minimum atomic E-state index is -0.492. The molecule has 176 valence electrons. The van der Waals surface area contributed by atoms with Crippen molar-refractivity contribution in [3.05, 3.63) is 89.6 Å². The maximum absolute atomic E-state index is 11.7. The Morgan fingerprint density at radius 2 is 1.83 bits per heavy atom. The van der Waals surface area contributed by atoms with Gasteiger partial charge in [0.15, 0.2) is 0 Å². The zero-order valence-corrected chi connectivity index (χ0v) is 19.7. The molecule has 0 saturated heterocycles. The number of aromatic nitrogens is 5. The smallest absolute Gasteiger partial charge is 0.248 e. The molecule has 9 heteroatoms. The van der Waals surface area contributed by atoms with Gasteiger partial charge in [-0.3, -0.25) is 9.78 Å². The lowest BCUT2D eigenvalue weighted by Crippen LogP contribution is -2.10. The van der Waals surface area contributed by atoms with E-state index in [0.29, 0.717) is 23.7 Å². The Kier molecular flexibility index (Phi) is 7.03. The van der Waals surface area contributed by atoms with Crippen LogP contribution in [0.4, 0.5) is 0 Å². The number of nitrogens with one attached hydrogen (secondary N) is 1. The van der Waals surface area contributed by atoms with Crippen LogP contribution in [0.2, 0.25) is 0 Å². The number of benzene rings is 3. The Labute approximate surface area is 208 Å². The highest BCUT2D eigenvalue weighted by Crippen LogP contribution is 2.32. The molecular formula is C26H23ClN6O2. The zero-order chi connectivity index (χ0) is 23.5. The summed E-state index contributed by atoms with van der Waals surface area (Å²) in [7, 11) is 0. The summed E-state index contributed by atoms with van der Waals surface area (Å²) in [6.07, 6.45) is 0.762. The van der Waals surface area contributed by atoms with Crippen LogP contribution in [-0.2, 0) is 13.0 Å². The molecule has 0 atom stereocenters. The summed E-state index contributed by atoms with van der Waals surface area (Å²) in [4.78, 5) is 16.3. The summed E-state index contributed by atoms with van der Waals surface area (Å²) in [5.41, 5.74) is 11.4. The predicted molar refractivity (Wildman–Crippen MR) is 136 cm³/mol. The van der Waals surface area contributed by atoms with Crippen LogP contribution >= 0.6 is 12.4 Å². The van der Waals surface area contributed by atoms with E-state index < -0.39 is 5.91 Å². The van der Waals surface area contributed by atoms with Crippen molar-refractivity contribution in [3.8, 4) is 28.3 Å². The number of pyridine rings is 1. The van der Waals surface area contributed by atoms with E-state index in [0.717, 1.165) is 45.3 Å². The van der Waals surface area contributed by atoms with Gasteiger partial charge in [-0.2, -0.15) is 5.21 Å². The molecule has 0 radical (unpaired) electrons. The van der Waals surface area contributed by atoms with Crippen LogP contribution in [0.3, 0.4) is 0 Å². The van der Waals surface area contributed by atoms with Crippen LogP contribution in [-0.4, -0.2) is 31.5 Å². The molecule has 0 aliphatic carbocycles. The number of primary amides is 1. The molecule has 0 fully saturated rings. The number of nitrogens with zero attached hydrogens (tertiary/aromatic N) is 4. The van der Waals surface area contributed by atoms with Gasteiger partial charge in [-0.1, -0.05) is 49.4 Å². The molecule has 3 aromatic carbocycles. The normalized spacial score (nSPS) is 10.7. The van der Waals surface area contributed by atoms with Gasteiger partial charge in [-0.15, -0.1) is 22.6 Å². The number of aromatic amines is 1. The van der Waals surface area contributed by atoms with E-state index in [1.807, 2.05) is 61.5 Å². The summed E-state index contributed by atoms with van der Waals surface area (Å²) in [6, 6.07) is 23.2. The molecule has 0 aliphatic heterocycles. The van der Waals surface area contributed by atoms with E-state index in [2.05, 4.69) is 25.6 Å². The van der Waals surface area contributed by atoms with Crippen LogP contribution in [0.5, 0.6) is 5.75 Å². The number of H-pyrrole nitrogens is 1. The SMILES string of the molecule is CCc1cc(OCc2ccc(-c3ccccc3)c(-c3nn[nH]n3)c2)c2cc(C(N)=O)ccc2n1.Cl. The number of aryl methyl sites for hydroxylation is 1. The van der Waals surface area contributed by atoms with Gasteiger partial charge in [0.05, 0.1) is 5.52 Å². The highest BCUT2D eigenvalue weighted by Gasteiger charge is 2.14. The molecule has 3 N–H and O–H groups in total. The first-order valence-electron chi connectivity index (χ1n) is 10.9. The monoisotopic (exact) mass is 486 g/mol. The molecule has 0 saturated carbocycles. The van der Waals surface area contributed by atoms with Crippen molar-refractivity contribution in [2.24, 2.45) is 5.73 Å². The minimum Gasteiger partial charge on any atom is -0.488 e. The fourth-order valence-corrected chi connectivity index (χ4v) is 3.87. The number of carbonyl (C=O) groups excluding carboxylic acids is 1. The number of ether oxygens (including phenoxy) is 1. The van der Waals surface area contributed by atoms with Gasteiger partial charge in [0.25, 0.3) is 0 Å². The largest absolute Gasteiger partial charge is 0.488 e. The Morgan fingerprint density at radius 3 is 2.54 bits per heavy atom. The summed E-state index contributed by atoms with van der Waals surface area (Å²) in [5, 5.41) is 15.4. The van der Waals surface area contributed by atoms with Gasteiger partial charge in [-0.05, 0) is 52.6 Å². The first-order chi connectivity index (χ1) is 16.6. The fraction of sp³-hybridized carbons (Fsp3) is 0.115. The summed E-state index contributed by atoms with van der Waals surface area (Å²) < 4.78 is 6.24. The maximum Gasteiger partial charge on any atom is 0.248 e. The highest BCUT2D eigenvalue weighted by molar-refractivity contribution is 5.98. The predicted octanol–water partition coefficient (Wildman–Crippen LogP) is 4.74. The Balaban J connectivity index is 0.00000289.